The van der Waals surface area contributed by atoms with E-state index in [1.807, 2.05) is 19.1 Å². The molecule has 2 N–H and O–H groups in total. The van der Waals surface area contributed by atoms with Gasteiger partial charge in [0.25, 0.3) is 0 Å². The predicted octanol–water partition coefficient (Wildman–Crippen LogP) is 2.63. The Balaban J connectivity index is 1.94. The quantitative estimate of drug-likeness (QED) is 0.307. The molecule has 2 rings (SSSR count). The Labute approximate surface area is 180 Å². The van der Waals surface area contributed by atoms with Gasteiger partial charge in [-0.2, -0.15) is 0 Å². The van der Waals surface area contributed by atoms with Gasteiger partial charge in [0.05, 0.1) is 19.0 Å². The molecule has 2 aromatic carbocycles. The Hall–Kier alpha value is -2.38. The number of aliphatic imine (C=N–C) groups is 1. The average molecular weight is 432 g/mol. The fourth-order valence-electron chi connectivity index (χ4n) is 3.01. The standard InChI is InChI=1S/C23H33N3O3S/c1-3-24-23(25-14-15-29-16-17-30(2,27)28)26-19-22(21-12-8-5-9-13-21)18-20-10-6-4-7-11-20/h4-13,22H,3,14-19H2,1-2H3,(H2,24,25,26). The van der Waals surface area contributed by atoms with Crippen LogP contribution in [-0.2, 0) is 21.0 Å². The monoisotopic (exact) mass is 431 g/mol. The Kier molecular flexibility index (Phi) is 10.4. The maximum absolute atomic E-state index is 11.1. The second-order valence-corrected chi connectivity index (χ2v) is 9.45. The lowest BCUT2D eigenvalue weighted by Crippen LogP contribution is -2.39. The molecule has 1 atom stereocenters. The smallest absolute Gasteiger partial charge is 0.191 e. The van der Waals surface area contributed by atoms with E-state index >= 15 is 0 Å². The van der Waals surface area contributed by atoms with Crippen molar-refractivity contribution in [3.05, 3.63) is 71.8 Å². The first-order chi connectivity index (χ1) is 14.5. The maximum atomic E-state index is 11.1. The van der Waals surface area contributed by atoms with Crippen molar-refractivity contribution in [2.45, 2.75) is 19.3 Å². The van der Waals surface area contributed by atoms with Crippen molar-refractivity contribution in [1.82, 2.24) is 10.6 Å². The number of rotatable bonds is 12. The van der Waals surface area contributed by atoms with Crippen LogP contribution in [0.1, 0.15) is 24.0 Å². The van der Waals surface area contributed by atoms with Crippen molar-refractivity contribution < 1.29 is 13.2 Å². The van der Waals surface area contributed by atoms with Gasteiger partial charge >= 0.3 is 0 Å². The first-order valence-corrected chi connectivity index (χ1v) is 12.4. The van der Waals surface area contributed by atoms with Gasteiger partial charge in [-0.3, -0.25) is 4.99 Å². The van der Waals surface area contributed by atoms with E-state index in [0.29, 0.717) is 19.7 Å². The van der Waals surface area contributed by atoms with E-state index in [-0.39, 0.29) is 18.3 Å². The van der Waals surface area contributed by atoms with Crippen LogP contribution < -0.4 is 10.6 Å². The number of nitrogens with zero attached hydrogens (tertiary/aromatic N) is 1. The summed E-state index contributed by atoms with van der Waals surface area (Å²) in [6, 6.07) is 20.9. The SMILES string of the molecule is CCNC(=NCC(Cc1ccccc1)c1ccccc1)NCCOCCS(C)(=O)=O. The number of ether oxygens (including phenoxy) is 1. The summed E-state index contributed by atoms with van der Waals surface area (Å²) < 4.78 is 27.6. The third-order valence-corrected chi connectivity index (χ3v) is 5.46. The molecule has 0 heterocycles. The lowest BCUT2D eigenvalue weighted by Gasteiger charge is -2.17. The summed E-state index contributed by atoms with van der Waals surface area (Å²) in [7, 11) is -2.99. The molecule has 0 amide bonds. The van der Waals surface area contributed by atoms with Crippen molar-refractivity contribution >= 4 is 15.8 Å². The number of nitrogens with one attached hydrogen (secondary N) is 2. The molecule has 1 unspecified atom stereocenters. The van der Waals surface area contributed by atoms with E-state index in [2.05, 4.69) is 59.2 Å². The zero-order valence-corrected chi connectivity index (χ0v) is 18.7. The highest BCUT2D eigenvalue weighted by atomic mass is 32.2. The number of guanidine groups is 1. The number of sulfone groups is 1. The van der Waals surface area contributed by atoms with E-state index in [1.54, 1.807) is 0 Å². The molecule has 7 heteroatoms. The predicted molar refractivity (Wildman–Crippen MR) is 124 cm³/mol. The van der Waals surface area contributed by atoms with Gasteiger partial charge in [0, 0.05) is 31.8 Å². The summed E-state index contributed by atoms with van der Waals surface area (Å²) in [5.41, 5.74) is 2.56. The molecular formula is C23H33N3O3S. The number of benzene rings is 2. The molecule has 0 radical (unpaired) electrons. The van der Waals surface area contributed by atoms with Crippen LogP contribution in [-0.4, -0.2) is 59.2 Å². The molecule has 0 saturated heterocycles. The fraction of sp³-hybridized carbons (Fsp3) is 0.435. The van der Waals surface area contributed by atoms with Crippen molar-refractivity contribution in [2.24, 2.45) is 4.99 Å². The molecule has 164 valence electrons. The number of hydrogen-bond acceptors (Lipinski definition) is 4. The fourth-order valence-corrected chi connectivity index (χ4v) is 3.43. The van der Waals surface area contributed by atoms with Crippen LogP contribution in [0.4, 0.5) is 0 Å². The van der Waals surface area contributed by atoms with Gasteiger partial charge in [-0.05, 0) is 24.5 Å². The van der Waals surface area contributed by atoms with Crippen LogP contribution in [0.5, 0.6) is 0 Å². The second kappa shape index (κ2) is 13.0. The van der Waals surface area contributed by atoms with Gasteiger partial charge in [-0.15, -0.1) is 0 Å². The van der Waals surface area contributed by atoms with E-state index in [4.69, 9.17) is 9.73 Å². The molecule has 30 heavy (non-hydrogen) atoms. The lowest BCUT2D eigenvalue weighted by molar-refractivity contribution is 0.154. The highest BCUT2D eigenvalue weighted by Gasteiger charge is 2.12. The van der Waals surface area contributed by atoms with Crippen LogP contribution >= 0.6 is 0 Å². The Morgan fingerprint density at radius 3 is 2.30 bits per heavy atom. The highest BCUT2D eigenvalue weighted by Crippen LogP contribution is 2.21. The highest BCUT2D eigenvalue weighted by molar-refractivity contribution is 7.90. The topological polar surface area (TPSA) is 79.8 Å². The van der Waals surface area contributed by atoms with Gasteiger partial charge in [-0.1, -0.05) is 60.7 Å². The van der Waals surface area contributed by atoms with Crippen molar-refractivity contribution in [2.75, 3.05) is 44.9 Å². The molecular weight excluding hydrogens is 398 g/mol. The minimum Gasteiger partial charge on any atom is -0.379 e. The molecule has 0 spiro atoms. The van der Waals surface area contributed by atoms with Gasteiger partial charge in [0.2, 0.25) is 0 Å². The zero-order chi connectivity index (χ0) is 21.7. The first-order valence-electron chi connectivity index (χ1n) is 10.3. The average Bonchev–Trinajstić information content (AvgIpc) is 2.74. The summed E-state index contributed by atoms with van der Waals surface area (Å²) in [6.07, 6.45) is 2.13. The minimum absolute atomic E-state index is 0.0411. The third-order valence-electron chi connectivity index (χ3n) is 4.55. The molecule has 0 aromatic heterocycles. The van der Waals surface area contributed by atoms with Gasteiger partial charge in [0.1, 0.15) is 9.84 Å². The normalized spacial score (nSPS) is 13.1. The van der Waals surface area contributed by atoms with Crippen LogP contribution in [0.3, 0.4) is 0 Å². The van der Waals surface area contributed by atoms with Gasteiger partial charge in [-0.25, -0.2) is 8.42 Å². The van der Waals surface area contributed by atoms with E-state index in [0.717, 1.165) is 18.9 Å². The maximum Gasteiger partial charge on any atom is 0.191 e. The van der Waals surface area contributed by atoms with Crippen molar-refractivity contribution in [1.29, 1.82) is 0 Å². The van der Waals surface area contributed by atoms with E-state index in [1.165, 1.54) is 17.4 Å². The molecule has 0 aliphatic carbocycles. The minimum atomic E-state index is -2.99. The van der Waals surface area contributed by atoms with E-state index in [9.17, 15) is 8.42 Å². The molecule has 6 nitrogen and oxygen atoms in total. The second-order valence-electron chi connectivity index (χ2n) is 7.19. The van der Waals surface area contributed by atoms with Crippen LogP contribution in [0.2, 0.25) is 0 Å². The van der Waals surface area contributed by atoms with E-state index < -0.39 is 9.84 Å². The summed E-state index contributed by atoms with van der Waals surface area (Å²) in [5, 5.41) is 6.51. The summed E-state index contributed by atoms with van der Waals surface area (Å²) >= 11 is 0. The van der Waals surface area contributed by atoms with Crippen molar-refractivity contribution in [3.63, 3.8) is 0 Å². The molecule has 0 fully saturated rings. The zero-order valence-electron chi connectivity index (χ0n) is 17.9. The first kappa shape index (κ1) is 23.9. The molecule has 0 aliphatic rings. The van der Waals surface area contributed by atoms with Crippen LogP contribution in [0.15, 0.2) is 65.7 Å². The summed E-state index contributed by atoms with van der Waals surface area (Å²) in [5.74, 6) is 1.05. The lowest BCUT2D eigenvalue weighted by atomic mass is 9.92. The van der Waals surface area contributed by atoms with Crippen LogP contribution in [0, 0.1) is 0 Å². The van der Waals surface area contributed by atoms with Crippen LogP contribution in [0.25, 0.3) is 0 Å². The van der Waals surface area contributed by atoms with Crippen molar-refractivity contribution in [3.8, 4) is 0 Å². The Bertz CT molecular complexity index is 856. The third kappa shape index (κ3) is 9.89. The Morgan fingerprint density at radius 1 is 1.00 bits per heavy atom. The number of hydrogen-bond donors (Lipinski definition) is 2. The van der Waals surface area contributed by atoms with Gasteiger partial charge < -0.3 is 15.4 Å². The summed E-state index contributed by atoms with van der Waals surface area (Å²) in [4.78, 5) is 4.79. The Morgan fingerprint density at radius 2 is 1.67 bits per heavy atom. The molecule has 2 aromatic rings. The molecule has 0 bridgehead atoms. The summed E-state index contributed by atoms with van der Waals surface area (Å²) in [6.45, 7) is 4.63. The largest absolute Gasteiger partial charge is 0.379 e. The molecule has 0 saturated carbocycles. The van der Waals surface area contributed by atoms with Gasteiger partial charge in [0.15, 0.2) is 5.96 Å². The molecule has 0 aliphatic heterocycles.